The van der Waals surface area contributed by atoms with Crippen molar-refractivity contribution < 1.29 is 4.79 Å². The molecule has 0 saturated carbocycles. The third-order valence-electron chi connectivity index (χ3n) is 2.72. The van der Waals surface area contributed by atoms with Crippen molar-refractivity contribution in [2.45, 2.75) is 30.7 Å². The molecule has 1 unspecified atom stereocenters. The summed E-state index contributed by atoms with van der Waals surface area (Å²) in [5.41, 5.74) is 1.02. The second kappa shape index (κ2) is 7.44. The first-order valence-corrected chi connectivity index (χ1v) is 6.64. The van der Waals surface area contributed by atoms with Crippen LogP contribution in [0.15, 0.2) is 29.2 Å². The Morgan fingerprint density at radius 1 is 1.33 bits per heavy atom. The number of carbonyl (C=O) groups excluding carboxylic acids is 1. The van der Waals surface area contributed by atoms with Crippen molar-refractivity contribution in [2.75, 3.05) is 20.6 Å². The second-order valence-electron chi connectivity index (χ2n) is 4.90. The van der Waals surface area contributed by atoms with Gasteiger partial charge >= 0.3 is 0 Å². The van der Waals surface area contributed by atoms with E-state index in [9.17, 15) is 4.79 Å². The van der Waals surface area contributed by atoms with Crippen molar-refractivity contribution in [2.24, 2.45) is 0 Å². The molecular weight excluding hydrogens is 244 g/mol. The van der Waals surface area contributed by atoms with Gasteiger partial charge in [-0.15, -0.1) is 12.6 Å². The maximum absolute atomic E-state index is 11.8. The monoisotopic (exact) mass is 266 g/mol. The predicted molar refractivity (Wildman–Crippen MR) is 78.2 cm³/mol. The van der Waals surface area contributed by atoms with E-state index in [2.05, 4.69) is 22.8 Å². The van der Waals surface area contributed by atoms with E-state index in [4.69, 9.17) is 0 Å². The number of nitrogens with one attached hydrogen (secondary N) is 1. The van der Waals surface area contributed by atoms with Crippen LogP contribution in [0.2, 0.25) is 0 Å². The third-order valence-corrected chi connectivity index (χ3v) is 3.02. The number of thiol groups is 1. The summed E-state index contributed by atoms with van der Waals surface area (Å²) < 4.78 is 0. The fourth-order valence-corrected chi connectivity index (χ4v) is 1.80. The molecule has 0 bridgehead atoms. The highest BCUT2D eigenvalue weighted by Crippen LogP contribution is 2.08. The summed E-state index contributed by atoms with van der Waals surface area (Å²) in [5, 5.41) is 3.01. The van der Waals surface area contributed by atoms with E-state index in [-0.39, 0.29) is 11.9 Å². The van der Waals surface area contributed by atoms with Crippen LogP contribution in [0.25, 0.3) is 0 Å². The van der Waals surface area contributed by atoms with Gasteiger partial charge < -0.3 is 10.2 Å². The molecule has 0 aliphatic rings. The first-order chi connectivity index (χ1) is 8.47. The van der Waals surface area contributed by atoms with E-state index in [1.807, 2.05) is 45.3 Å². The zero-order chi connectivity index (χ0) is 13.5. The SMILES string of the molecule is CC(CCN(C)C)NC(=O)Cc1ccc(S)cc1. The van der Waals surface area contributed by atoms with Crippen LogP contribution in [-0.2, 0) is 11.2 Å². The van der Waals surface area contributed by atoms with Crippen molar-refractivity contribution in [3.05, 3.63) is 29.8 Å². The lowest BCUT2D eigenvalue weighted by Crippen LogP contribution is -2.35. The lowest BCUT2D eigenvalue weighted by molar-refractivity contribution is -0.121. The van der Waals surface area contributed by atoms with Gasteiger partial charge in [-0.1, -0.05) is 12.1 Å². The summed E-state index contributed by atoms with van der Waals surface area (Å²) in [6.45, 7) is 3.02. The van der Waals surface area contributed by atoms with Gasteiger partial charge in [-0.2, -0.15) is 0 Å². The van der Waals surface area contributed by atoms with Crippen LogP contribution in [0.1, 0.15) is 18.9 Å². The van der Waals surface area contributed by atoms with Crippen molar-refractivity contribution in [3.63, 3.8) is 0 Å². The lowest BCUT2D eigenvalue weighted by Gasteiger charge is -2.16. The van der Waals surface area contributed by atoms with Crippen LogP contribution >= 0.6 is 12.6 Å². The molecule has 1 rings (SSSR count). The molecular formula is C14H22N2OS. The maximum Gasteiger partial charge on any atom is 0.224 e. The molecule has 0 spiro atoms. The summed E-state index contributed by atoms with van der Waals surface area (Å²) in [5.74, 6) is 0.0770. The van der Waals surface area contributed by atoms with Gasteiger partial charge in [0.25, 0.3) is 0 Å². The fraction of sp³-hybridized carbons (Fsp3) is 0.500. The molecule has 18 heavy (non-hydrogen) atoms. The summed E-state index contributed by atoms with van der Waals surface area (Å²) in [4.78, 5) is 14.8. The molecule has 3 nitrogen and oxygen atoms in total. The van der Waals surface area contributed by atoms with E-state index in [1.165, 1.54) is 0 Å². The zero-order valence-corrected chi connectivity index (χ0v) is 12.2. The molecule has 0 heterocycles. The first-order valence-electron chi connectivity index (χ1n) is 6.19. The molecule has 0 saturated heterocycles. The summed E-state index contributed by atoms with van der Waals surface area (Å²) in [6, 6.07) is 7.89. The second-order valence-corrected chi connectivity index (χ2v) is 5.42. The Bertz CT molecular complexity index is 376. The van der Waals surface area contributed by atoms with Crippen LogP contribution in [-0.4, -0.2) is 37.5 Å². The molecule has 0 radical (unpaired) electrons. The van der Waals surface area contributed by atoms with Gasteiger partial charge in [-0.25, -0.2) is 0 Å². The molecule has 0 aliphatic heterocycles. The quantitative estimate of drug-likeness (QED) is 0.772. The number of amides is 1. The van der Waals surface area contributed by atoms with Gasteiger partial charge in [0.1, 0.15) is 0 Å². The highest BCUT2D eigenvalue weighted by molar-refractivity contribution is 7.80. The highest BCUT2D eigenvalue weighted by Gasteiger charge is 2.08. The Labute approximate surface area is 115 Å². The molecule has 0 aromatic heterocycles. The van der Waals surface area contributed by atoms with Crippen LogP contribution in [0.4, 0.5) is 0 Å². The summed E-state index contributed by atoms with van der Waals surface area (Å²) in [7, 11) is 4.07. The van der Waals surface area contributed by atoms with E-state index < -0.39 is 0 Å². The van der Waals surface area contributed by atoms with Crippen LogP contribution < -0.4 is 5.32 Å². The average Bonchev–Trinajstić information content (AvgIpc) is 2.29. The van der Waals surface area contributed by atoms with Crippen LogP contribution in [0.5, 0.6) is 0 Å². The number of nitrogens with zero attached hydrogens (tertiary/aromatic N) is 1. The normalized spacial score (nSPS) is 12.5. The van der Waals surface area contributed by atoms with E-state index in [0.717, 1.165) is 23.4 Å². The smallest absolute Gasteiger partial charge is 0.224 e. The molecule has 1 aromatic carbocycles. The Morgan fingerprint density at radius 3 is 2.50 bits per heavy atom. The minimum atomic E-state index is 0.0770. The van der Waals surface area contributed by atoms with E-state index in [1.54, 1.807) is 0 Å². The van der Waals surface area contributed by atoms with Gasteiger partial charge in [0, 0.05) is 10.9 Å². The first kappa shape index (κ1) is 15.1. The van der Waals surface area contributed by atoms with Gasteiger partial charge in [-0.05, 0) is 51.7 Å². The summed E-state index contributed by atoms with van der Waals surface area (Å²) >= 11 is 4.22. The van der Waals surface area contributed by atoms with Crippen LogP contribution in [0.3, 0.4) is 0 Å². The van der Waals surface area contributed by atoms with E-state index in [0.29, 0.717) is 6.42 Å². The van der Waals surface area contributed by atoms with Gasteiger partial charge in [0.05, 0.1) is 6.42 Å². The van der Waals surface area contributed by atoms with Gasteiger partial charge in [-0.3, -0.25) is 4.79 Å². The Balaban J connectivity index is 2.34. The van der Waals surface area contributed by atoms with Crippen molar-refractivity contribution in [3.8, 4) is 0 Å². The van der Waals surface area contributed by atoms with Crippen LogP contribution in [0, 0.1) is 0 Å². The molecule has 4 heteroatoms. The minimum Gasteiger partial charge on any atom is -0.353 e. The number of hydrogen-bond acceptors (Lipinski definition) is 3. The largest absolute Gasteiger partial charge is 0.353 e. The number of rotatable bonds is 6. The highest BCUT2D eigenvalue weighted by atomic mass is 32.1. The molecule has 1 atom stereocenters. The Morgan fingerprint density at radius 2 is 1.94 bits per heavy atom. The molecule has 1 N–H and O–H groups in total. The molecule has 0 aliphatic carbocycles. The number of benzene rings is 1. The summed E-state index contributed by atoms with van der Waals surface area (Å²) in [6.07, 6.45) is 1.40. The van der Waals surface area contributed by atoms with Crippen molar-refractivity contribution >= 4 is 18.5 Å². The standard InChI is InChI=1S/C14H22N2OS/c1-11(8-9-16(2)3)15-14(17)10-12-4-6-13(18)7-5-12/h4-7,11,18H,8-10H2,1-3H3,(H,15,17). The number of carbonyl (C=O) groups is 1. The fourth-order valence-electron chi connectivity index (χ4n) is 1.65. The van der Waals surface area contributed by atoms with E-state index >= 15 is 0 Å². The van der Waals surface area contributed by atoms with Crippen molar-refractivity contribution in [1.29, 1.82) is 0 Å². The minimum absolute atomic E-state index is 0.0770. The topological polar surface area (TPSA) is 32.3 Å². The molecule has 100 valence electrons. The van der Waals surface area contributed by atoms with Crippen molar-refractivity contribution in [1.82, 2.24) is 10.2 Å². The molecule has 1 aromatic rings. The zero-order valence-electron chi connectivity index (χ0n) is 11.3. The maximum atomic E-state index is 11.8. The lowest BCUT2D eigenvalue weighted by atomic mass is 10.1. The predicted octanol–water partition coefficient (Wildman–Crippen LogP) is 1.97. The number of hydrogen-bond donors (Lipinski definition) is 2. The van der Waals surface area contributed by atoms with Gasteiger partial charge in [0.2, 0.25) is 5.91 Å². The molecule has 0 fully saturated rings. The van der Waals surface area contributed by atoms with Gasteiger partial charge in [0.15, 0.2) is 0 Å². The Kier molecular flexibility index (Phi) is 6.22. The molecule has 1 amide bonds. The average molecular weight is 266 g/mol. The third kappa shape index (κ3) is 6.07. The Hall–Kier alpha value is -1.00.